The molecule has 0 saturated heterocycles. The summed E-state index contributed by atoms with van der Waals surface area (Å²) in [5.41, 5.74) is 28.5. The zero-order valence-corrected chi connectivity index (χ0v) is 38.7. The van der Waals surface area contributed by atoms with Crippen molar-refractivity contribution in [2.45, 2.75) is 51.4 Å². The van der Waals surface area contributed by atoms with E-state index in [1.54, 1.807) is 0 Å². The van der Waals surface area contributed by atoms with Gasteiger partial charge >= 0.3 is 0 Å². The molecule has 0 saturated carbocycles. The molecule has 0 amide bonds. The molecular formula is C65H47N3. The van der Waals surface area contributed by atoms with Gasteiger partial charge < -0.3 is 0 Å². The highest BCUT2D eigenvalue weighted by Crippen LogP contribution is 2.52. The summed E-state index contributed by atoms with van der Waals surface area (Å²) >= 11 is 0. The lowest BCUT2D eigenvalue weighted by Crippen LogP contribution is -2.14. The van der Waals surface area contributed by atoms with E-state index in [0.717, 1.165) is 40.7 Å². The van der Waals surface area contributed by atoms with Crippen LogP contribution in [0.25, 0.3) is 101 Å². The van der Waals surface area contributed by atoms with Gasteiger partial charge in [-0.2, -0.15) is 0 Å². The number of benzene rings is 9. The third kappa shape index (κ3) is 5.69. The molecule has 0 radical (unpaired) electrons. The molecule has 1 aromatic heterocycles. The second kappa shape index (κ2) is 14.2. The van der Waals surface area contributed by atoms with Crippen molar-refractivity contribution in [2.24, 2.45) is 0 Å². The molecule has 3 heteroatoms. The average Bonchev–Trinajstić information content (AvgIpc) is 4.08. The summed E-state index contributed by atoms with van der Waals surface area (Å²) in [7, 11) is 0. The average molecular weight is 870 g/mol. The van der Waals surface area contributed by atoms with Crippen molar-refractivity contribution in [3.05, 3.63) is 233 Å². The van der Waals surface area contributed by atoms with Crippen LogP contribution in [-0.2, 0) is 23.7 Å². The van der Waals surface area contributed by atoms with Crippen LogP contribution >= 0.6 is 0 Å². The Morgan fingerprint density at radius 2 is 0.632 bits per heavy atom. The van der Waals surface area contributed by atoms with E-state index in [1.165, 1.54) is 100 Å². The first-order valence-corrected chi connectivity index (χ1v) is 24.0. The lowest BCUT2D eigenvalue weighted by molar-refractivity contribution is 0.660. The molecule has 0 unspecified atom stereocenters. The van der Waals surface area contributed by atoms with Gasteiger partial charge in [0.2, 0.25) is 0 Å². The zero-order chi connectivity index (χ0) is 45.5. The zero-order valence-electron chi connectivity index (χ0n) is 38.7. The van der Waals surface area contributed by atoms with Gasteiger partial charge in [-0.3, -0.25) is 0 Å². The van der Waals surface area contributed by atoms with Crippen LogP contribution < -0.4 is 0 Å². The van der Waals surface area contributed by atoms with Crippen LogP contribution in [0.3, 0.4) is 0 Å². The highest BCUT2D eigenvalue weighted by atomic mass is 15.0. The topological polar surface area (TPSA) is 38.7 Å². The van der Waals surface area contributed by atoms with Crippen LogP contribution in [0.1, 0.15) is 72.2 Å². The Labute approximate surface area is 398 Å². The Hall–Kier alpha value is -8.01. The van der Waals surface area contributed by atoms with E-state index >= 15 is 0 Å². The molecule has 0 bridgehead atoms. The molecule has 0 N–H and O–H groups in total. The second-order valence-electron chi connectivity index (χ2n) is 20.3. The first kappa shape index (κ1) is 39.2. The van der Waals surface area contributed by atoms with Gasteiger partial charge in [0.15, 0.2) is 17.5 Å². The minimum absolute atomic E-state index is 0.110. The maximum atomic E-state index is 5.51. The summed E-state index contributed by atoms with van der Waals surface area (Å²) in [5.74, 6) is 1.97. The van der Waals surface area contributed by atoms with Gasteiger partial charge in [0.25, 0.3) is 0 Å². The van der Waals surface area contributed by atoms with Crippen molar-refractivity contribution in [1.82, 2.24) is 15.0 Å². The van der Waals surface area contributed by atoms with Gasteiger partial charge in [0.05, 0.1) is 0 Å². The quantitative estimate of drug-likeness (QED) is 0.173. The molecule has 1 heterocycles. The maximum absolute atomic E-state index is 5.51. The van der Waals surface area contributed by atoms with Gasteiger partial charge in [-0.15, -0.1) is 0 Å². The van der Waals surface area contributed by atoms with Gasteiger partial charge in [-0.05, 0) is 154 Å². The fourth-order valence-corrected chi connectivity index (χ4v) is 12.4. The van der Waals surface area contributed by atoms with Crippen LogP contribution in [0.15, 0.2) is 188 Å². The maximum Gasteiger partial charge on any atom is 0.164 e. The first-order valence-electron chi connectivity index (χ1n) is 24.0. The molecule has 4 aliphatic carbocycles. The van der Waals surface area contributed by atoms with E-state index < -0.39 is 0 Å². The molecule has 4 aliphatic rings. The third-order valence-electron chi connectivity index (χ3n) is 15.8. The Kier molecular flexibility index (Phi) is 8.21. The molecule has 322 valence electrons. The summed E-state index contributed by atoms with van der Waals surface area (Å²) in [6.45, 7) is 9.32. The predicted molar refractivity (Wildman–Crippen MR) is 279 cm³/mol. The minimum atomic E-state index is -0.110. The molecule has 9 aromatic carbocycles. The second-order valence-corrected chi connectivity index (χ2v) is 20.3. The number of hydrogen-bond donors (Lipinski definition) is 0. The Balaban J connectivity index is 1.02. The third-order valence-corrected chi connectivity index (χ3v) is 15.8. The fourth-order valence-electron chi connectivity index (χ4n) is 12.4. The molecule has 0 spiro atoms. The summed E-state index contributed by atoms with van der Waals surface area (Å²) in [6, 6.07) is 69.8. The molecule has 0 aliphatic heterocycles. The number of aromatic nitrogens is 3. The monoisotopic (exact) mass is 869 g/mol. The van der Waals surface area contributed by atoms with Crippen molar-refractivity contribution < 1.29 is 0 Å². The summed E-state index contributed by atoms with van der Waals surface area (Å²) in [4.78, 5) is 16.4. The van der Waals surface area contributed by atoms with Crippen molar-refractivity contribution in [2.75, 3.05) is 0 Å². The highest BCUT2D eigenvalue weighted by Gasteiger charge is 2.37. The van der Waals surface area contributed by atoms with E-state index in [2.05, 4.69) is 216 Å². The van der Waals surface area contributed by atoms with E-state index in [0.29, 0.717) is 17.5 Å². The summed E-state index contributed by atoms with van der Waals surface area (Å²) in [5, 5.41) is 0. The molecule has 10 aromatic rings. The predicted octanol–water partition coefficient (Wildman–Crippen LogP) is 16.0. The summed E-state index contributed by atoms with van der Waals surface area (Å²) in [6.07, 6.45) is 1.86. The van der Waals surface area contributed by atoms with Crippen LogP contribution in [0.2, 0.25) is 0 Å². The van der Waals surface area contributed by atoms with Crippen LogP contribution in [0, 0.1) is 0 Å². The molecular weight excluding hydrogens is 823 g/mol. The lowest BCUT2D eigenvalue weighted by atomic mass is 9.82. The van der Waals surface area contributed by atoms with Gasteiger partial charge in [-0.25, -0.2) is 15.0 Å². The number of rotatable bonds is 5. The van der Waals surface area contributed by atoms with Crippen molar-refractivity contribution in [3.63, 3.8) is 0 Å². The SMILES string of the molecule is CC1(C)c2ccccc2-c2cc(-c3nc(-c4cc(-c5cccc6c5-c5ccccc5C6)cc(-c5cccc6c5-c5ccccc5C6)c4)nc(-c4ccc5c(c4)-c4ccccc4C5(C)C)n3)ccc21. The van der Waals surface area contributed by atoms with Gasteiger partial charge in [0, 0.05) is 27.5 Å². The van der Waals surface area contributed by atoms with E-state index in [4.69, 9.17) is 15.0 Å². The van der Waals surface area contributed by atoms with Crippen LogP contribution in [0.5, 0.6) is 0 Å². The van der Waals surface area contributed by atoms with E-state index in [-0.39, 0.29) is 10.8 Å². The largest absolute Gasteiger partial charge is 0.208 e. The Morgan fingerprint density at radius 3 is 1.10 bits per heavy atom. The normalized spacial score (nSPS) is 14.6. The molecule has 0 fully saturated rings. The Morgan fingerprint density at radius 1 is 0.279 bits per heavy atom. The number of hydrogen-bond acceptors (Lipinski definition) is 3. The highest BCUT2D eigenvalue weighted by molar-refractivity contribution is 5.96. The standard InChI is InChI=1S/C65H47N3/c1-64(2)55-25-11-9-21-51(55)53-36-42(27-29-57(53)64)61-66-62(43-28-30-58-54(37-43)52-22-10-12-26-56(52)65(58,3)4)68-63(67-61)46-34-44(49-23-13-17-40-31-38-15-5-7-19-47(38)59(40)49)33-45(35-46)50-24-14-18-41-32-39-16-6-8-20-48(39)60(41)50/h5-30,33-37H,31-32H2,1-4H3. The van der Waals surface area contributed by atoms with Gasteiger partial charge in [-0.1, -0.05) is 185 Å². The molecule has 14 rings (SSSR count). The number of fused-ring (bicyclic) bond motifs is 12. The van der Waals surface area contributed by atoms with Crippen molar-refractivity contribution in [1.29, 1.82) is 0 Å². The van der Waals surface area contributed by atoms with Crippen LogP contribution in [-0.4, -0.2) is 15.0 Å². The first-order chi connectivity index (χ1) is 33.2. The Bertz CT molecular complexity index is 3570. The summed E-state index contributed by atoms with van der Waals surface area (Å²) < 4.78 is 0. The van der Waals surface area contributed by atoms with Crippen LogP contribution in [0.4, 0.5) is 0 Å². The fraction of sp³-hybridized carbons (Fsp3) is 0.123. The molecule has 3 nitrogen and oxygen atoms in total. The van der Waals surface area contributed by atoms with E-state index in [1.807, 2.05) is 0 Å². The van der Waals surface area contributed by atoms with Crippen molar-refractivity contribution >= 4 is 0 Å². The smallest absolute Gasteiger partial charge is 0.164 e. The lowest BCUT2D eigenvalue weighted by Gasteiger charge is -2.21. The van der Waals surface area contributed by atoms with Crippen molar-refractivity contribution in [3.8, 4) is 101 Å². The molecule has 68 heavy (non-hydrogen) atoms. The van der Waals surface area contributed by atoms with Gasteiger partial charge in [0.1, 0.15) is 0 Å². The molecule has 0 atom stereocenters. The number of nitrogens with zero attached hydrogens (tertiary/aromatic N) is 3. The minimum Gasteiger partial charge on any atom is -0.208 e. The van der Waals surface area contributed by atoms with E-state index in [9.17, 15) is 0 Å².